The molecule has 0 aromatic carbocycles. The molecule has 8 heteroatoms. The molecule has 1 saturated heterocycles. The number of hydrogen-bond donors (Lipinski definition) is 2. The van der Waals surface area contributed by atoms with Gasteiger partial charge >= 0.3 is 0 Å². The van der Waals surface area contributed by atoms with Gasteiger partial charge in [-0.15, -0.1) is 24.8 Å². The zero-order valence-electron chi connectivity index (χ0n) is 11.9. The third-order valence-corrected chi connectivity index (χ3v) is 3.45. The summed E-state index contributed by atoms with van der Waals surface area (Å²) in [7, 11) is 0. The van der Waals surface area contributed by atoms with Crippen molar-refractivity contribution in [3.63, 3.8) is 0 Å². The second-order valence-electron chi connectivity index (χ2n) is 4.88. The van der Waals surface area contributed by atoms with Crippen molar-refractivity contribution in [2.75, 3.05) is 13.1 Å². The molecular weight excluding hydrogens is 325 g/mol. The smallest absolute Gasteiger partial charge is 0.252 e. The molecule has 2 aromatic rings. The van der Waals surface area contributed by atoms with Crippen LogP contribution in [0.5, 0.6) is 0 Å². The van der Waals surface area contributed by atoms with E-state index < -0.39 is 0 Å². The lowest BCUT2D eigenvalue weighted by Gasteiger charge is -2.11. The molecule has 0 bridgehead atoms. The lowest BCUT2D eigenvalue weighted by Crippen LogP contribution is -2.37. The van der Waals surface area contributed by atoms with Crippen LogP contribution < -0.4 is 10.6 Å². The molecular formula is C14H19Cl2N5O. The topological polar surface area (TPSA) is 71.8 Å². The maximum Gasteiger partial charge on any atom is 0.252 e. The lowest BCUT2D eigenvalue weighted by atomic mass is 10.2. The van der Waals surface area contributed by atoms with Crippen molar-refractivity contribution in [2.45, 2.75) is 18.9 Å². The molecule has 1 aliphatic rings. The highest BCUT2D eigenvalue weighted by atomic mass is 35.5. The summed E-state index contributed by atoms with van der Waals surface area (Å²) in [6.45, 7) is 1.71. The molecule has 6 nitrogen and oxygen atoms in total. The standard InChI is InChI=1S/C14H17N5O.2ClH/c20-14(18-9-12-2-1-5-16-12)11-3-4-13(17-8-11)19-7-6-15-10-19;;/h3-4,6-8,10,12,16H,1-2,5,9H2,(H,18,20);2*1H. The molecule has 2 N–H and O–H groups in total. The molecule has 0 saturated carbocycles. The van der Waals surface area contributed by atoms with Gasteiger partial charge in [0.2, 0.25) is 0 Å². The molecule has 1 amide bonds. The summed E-state index contributed by atoms with van der Waals surface area (Å²) in [6.07, 6.45) is 9.07. The van der Waals surface area contributed by atoms with E-state index in [0.717, 1.165) is 18.8 Å². The molecule has 1 atom stereocenters. The number of hydrogen-bond acceptors (Lipinski definition) is 4. The summed E-state index contributed by atoms with van der Waals surface area (Å²) in [4.78, 5) is 20.2. The van der Waals surface area contributed by atoms with Crippen molar-refractivity contribution in [1.29, 1.82) is 0 Å². The van der Waals surface area contributed by atoms with Crippen LogP contribution in [0.3, 0.4) is 0 Å². The van der Waals surface area contributed by atoms with Crippen LogP contribution in [0.1, 0.15) is 23.2 Å². The Bertz CT molecular complexity index is 567. The Hall–Kier alpha value is -1.63. The summed E-state index contributed by atoms with van der Waals surface area (Å²) in [6, 6.07) is 3.99. The average molecular weight is 344 g/mol. The first-order valence-corrected chi connectivity index (χ1v) is 6.79. The van der Waals surface area contributed by atoms with Crippen LogP contribution in [0.2, 0.25) is 0 Å². The third kappa shape index (κ3) is 4.43. The number of rotatable bonds is 4. The minimum absolute atomic E-state index is 0. The highest BCUT2D eigenvalue weighted by Crippen LogP contribution is 2.06. The summed E-state index contributed by atoms with van der Waals surface area (Å²) < 4.78 is 1.80. The van der Waals surface area contributed by atoms with E-state index in [4.69, 9.17) is 0 Å². The zero-order valence-corrected chi connectivity index (χ0v) is 13.6. The van der Waals surface area contributed by atoms with Crippen LogP contribution in [-0.2, 0) is 0 Å². The number of nitrogens with zero attached hydrogens (tertiary/aromatic N) is 3. The summed E-state index contributed by atoms with van der Waals surface area (Å²) in [5, 5.41) is 6.28. The first kappa shape index (κ1) is 18.4. The predicted molar refractivity (Wildman–Crippen MR) is 89.2 cm³/mol. The first-order chi connectivity index (χ1) is 9.83. The van der Waals surface area contributed by atoms with Gasteiger partial charge in [-0.1, -0.05) is 0 Å². The van der Waals surface area contributed by atoms with E-state index in [1.807, 2.05) is 12.3 Å². The van der Waals surface area contributed by atoms with E-state index in [1.165, 1.54) is 6.42 Å². The largest absolute Gasteiger partial charge is 0.350 e. The number of carbonyl (C=O) groups excluding carboxylic acids is 1. The van der Waals surface area contributed by atoms with Gasteiger partial charge in [0, 0.05) is 31.2 Å². The molecule has 120 valence electrons. The second kappa shape index (κ2) is 8.73. The van der Waals surface area contributed by atoms with Gasteiger partial charge in [-0.05, 0) is 31.5 Å². The summed E-state index contributed by atoms with van der Waals surface area (Å²) in [5.41, 5.74) is 0.576. The third-order valence-electron chi connectivity index (χ3n) is 3.45. The van der Waals surface area contributed by atoms with Crippen molar-refractivity contribution in [3.05, 3.63) is 42.6 Å². The van der Waals surface area contributed by atoms with Gasteiger partial charge in [-0.25, -0.2) is 9.97 Å². The van der Waals surface area contributed by atoms with Crippen LogP contribution in [0.15, 0.2) is 37.1 Å². The minimum Gasteiger partial charge on any atom is -0.350 e. The van der Waals surface area contributed by atoms with E-state index in [2.05, 4.69) is 20.6 Å². The number of nitrogens with one attached hydrogen (secondary N) is 2. The van der Waals surface area contributed by atoms with E-state index in [0.29, 0.717) is 18.2 Å². The fourth-order valence-corrected chi connectivity index (χ4v) is 2.32. The van der Waals surface area contributed by atoms with Gasteiger partial charge < -0.3 is 10.6 Å². The van der Waals surface area contributed by atoms with Gasteiger partial charge in [-0.2, -0.15) is 0 Å². The van der Waals surface area contributed by atoms with Crippen LogP contribution >= 0.6 is 24.8 Å². The molecule has 22 heavy (non-hydrogen) atoms. The Kier molecular flexibility index (Phi) is 7.31. The molecule has 2 aromatic heterocycles. The van der Waals surface area contributed by atoms with E-state index in [1.54, 1.807) is 29.4 Å². The quantitative estimate of drug-likeness (QED) is 0.884. The molecule has 0 aliphatic carbocycles. The van der Waals surface area contributed by atoms with Gasteiger partial charge in [0.1, 0.15) is 12.1 Å². The van der Waals surface area contributed by atoms with Crippen molar-refractivity contribution in [1.82, 2.24) is 25.2 Å². The van der Waals surface area contributed by atoms with Crippen LogP contribution in [0, 0.1) is 0 Å². The maximum absolute atomic E-state index is 12.0. The predicted octanol–water partition coefficient (Wildman–Crippen LogP) is 1.59. The van der Waals surface area contributed by atoms with Gasteiger partial charge in [-0.3, -0.25) is 9.36 Å². The molecule has 3 rings (SSSR count). The highest BCUT2D eigenvalue weighted by molar-refractivity contribution is 5.93. The Morgan fingerprint density at radius 2 is 2.27 bits per heavy atom. The molecule has 0 radical (unpaired) electrons. The molecule has 1 unspecified atom stereocenters. The number of pyridine rings is 1. The molecule has 1 aliphatic heterocycles. The molecule has 1 fully saturated rings. The molecule has 3 heterocycles. The average Bonchev–Trinajstić information content (AvgIpc) is 3.18. The highest BCUT2D eigenvalue weighted by Gasteiger charge is 2.15. The number of carbonyl (C=O) groups is 1. The minimum atomic E-state index is -0.0802. The Balaban J connectivity index is 0.00000121. The van der Waals surface area contributed by atoms with E-state index >= 15 is 0 Å². The monoisotopic (exact) mass is 343 g/mol. The summed E-state index contributed by atoms with van der Waals surface area (Å²) in [5.74, 6) is 0.667. The normalized spacial score (nSPS) is 16.5. The lowest BCUT2D eigenvalue weighted by molar-refractivity contribution is 0.0950. The Morgan fingerprint density at radius 3 is 2.86 bits per heavy atom. The first-order valence-electron chi connectivity index (χ1n) is 6.79. The number of amides is 1. The van der Waals surface area contributed by atoms with Crippen LogP contribution in [-0.4, -0.2) is 39.6 Å². The van der Waals surface area contributed by atoms with Gasteiger partial charge in [0.15, 0.2) is 0 Å². The van der Waals surface area contributed by atoms with Crippen molar-refractivity contribution >= 4 is 30.7 Å². The Labute approximate surface area is 141 Å². The van der Waals surface area contributed by atoms with Gasteiger partial charge in [0.25, 0.3) is 5.91 Å². The van der Waals surface area contributed by atoms with Crippen LogP contribution in [0.25, 0.3) is 5.82 Å². The van der Waals surface area contributed by atoms with Crippen molar-refractivity contribution in [2.24, 2.45) is 0 Å². The van der Waals surface area contributed by atoms with Crippen molar-refractivity contribution in [3.8, 4) is 5.82 Å². The maximum atomic E-state index is 12.0. The summed E-state index contributed by atoms with van der Waals surface area (Å²) >= 11 is 0. The second-order valence-corrected chi connectivity index (χ2v) is 4.88. The zero-order chi connectivity index (χ0) is 13.8. The Morgan fingerprint density at radius 1 is 1.41 bits per heavy atom. The fraction of sp³-hybridized carbons (Fsp3) is 0.357. The van der Waals surface area contributed by atoms with E-state index in [9.17, 15) is 4.79 Å². The van der Waals surface area contributed by atoms with E-state index in [-0.39, 0.29) is 30.7 Å². The number of aromatic nitrogens is 3. The SMILES string of the molecule is Cl.Cl.O=C(NCC1CCCN1)c1ccc(-n2ccnc2)nc1. The van der Waals surface area contributed by atoms with Gasteiger partial charge in [0.05, 0.1) is 5.56 Å². The van der Waals surface area contributed by atoms with Crippen LogP contribution in [0.4, 0.5) is 0 Å². The molecule has 0 spiro atoms. The van der Waals surface area contributed by atoms with Crippen molar-refractivity contribution < 1.29 is 4.79 Å². The fourth-order valence-electron chi connectivity index (χ4n) is 2.32. The number of halogens is 2. The number of imidazole rings is 1.